The van der Waals surface area contributed by atoms with E-state index in [1.54, 1.807) is 14.2 Å². The van der Waals surface area contributed by atoms with Gasteiger partial charge in [0.2, 0.25) is 5.91 Å². The molecule has 3 aliphatic rings. The zero-order valence-electron chi connectivity index (χ0n) is 13.2. The monoisotopic (exact) mass is 302 g/mol. The van der Waals surface area contributed by atoms with Gasteiger partial charge in [0, 0.05) is 25.6 Å². The summed E-state index contributed by atoms with van der Waals surface area (Å²) >= 11 is 0. The first-order chi connectivity index (χ1) is 10.7. The zero-order chi connectivity index (χ0) is 15.3. The minimum absolute atomic E-state index is 0.299. The molecule has 0 aromatic heterocycles. The molecule has 0 aliphatic carbocycles. The highest BCUT2D eigenvalue weighted by atomic mass is 16.5. The van der Waals surface area contributed by atoms with E-state index in [0.29, 0.717) is 24.5 Å². The van der Waals surface area contributed by atoms with Gasteiger partial charge in [-0.25, -0.2) is 0 Å². The number of rotatable bonds is 2. The van der Waals surface area contributed by atoms with Crippen LogP contribution in [0.2, 0.25) is 0 Å². The first kappa shape index (κ1) is 13.9. The Morgan fingerprint density at radius 3 is 2.59 bits per heavy atom. The number of hydrogen-bond donors (Lipinski definition) is 0. The Bertz CT molecular complexity index is 616. The van der Waals surface area contributed by atoms with Crippen molar-refractivity contribution < 1.29 is 14.3 Å². The molecule has 2 saturated heterocycles. The van der Waals surface area contributed by atoms with Crippen LogP contribution in [0.1, 0.15) is 36.4 Å². The van der Waals surface area contributed by atoms with Gasteiger partial charge < -0.3 is 14.4 Å². The van der Waals surface area contributed by atoms with Crippen LogP contribution in [-0.4, -0.2) is 49.2 Å². The van der Waals surface area contributed by atoms with Gasteiger partial charge in [0.25, 0.3) is 0 Å². The van der Waals surface area contributed by atoms with Crippen LogP contribution in [-0.2, 0) is 11.2 Å². The molecule has 0 N–H and O–H groups in total. The van der Waals surface area contributed by atoms with Crippen LogP contribution in [0.4, 0.5) is 0 Å². The Balaban J connectivity index is 1.71. The standard InChI is InChI=1S/C17H22N2O3/c1-21-14-9-11-5-7-18-13(12(11)10-15(14)22-2)6-8-19-16(18)3-4-17(19)20/h9-10,13,16H,3-8H2,1-2H3/t13-,16+/m0/s1. The number of carbonyl (C=O) groups is 1. The summed E-state index contributed by atoms with van der Waals surface area (Å²) < 4.78 is 10.9. The second-order valence-electron chi connectivity index (χ2n) is 6.30. The predicted molar refractivity (Wildman–Crippen MR) is 82.0 cm³/mol. The molecule has 1 aromatic rings. The lowest BCUT2D eigenvalue weighted by Gasteiger charge is -2.48. The second-order valence-corrected chi connectivity index (χ2v) is 6.30. The van der Waals surface area contributed by atoms with E-state index in [-0.39, 0.29) is 0 Å². The van der Waals surface area contributed by atoms with Gasteiger partial charge in [-0.3, -0.25) is 9.69 Å². The van der Waals surface area contributed by atoms with Crippen molar-refractivity contribution in [1.29, 1.82) is 0 Å². The van der Waals surface area contributed by atoms with E-state index in [1.165, 1.54) is 11.1 Å². The molecular weight excluding hydrogens is 280 g/mol. The number of methoxy groups -OCH3 is 2. The van der Waals surface area contributed by atoms with Gasteiger partial charge in [-0.15, -0.1) is 0 Å². The number of amides is 1. The van der Waals surface area contributed by atoms with E-state index in [0.717, 1.165) is 43.9 Å². The summed E-state index contributed by atoms with van der Waals surface area (Å²) in [5.74, 6) is 1.93. The fourth-order valence-electron chi connectivity index (χ4n) is 4.32. The zero-order valence-corrected chi connectivity index (χ0v) is 13.2. The van der Waals surface area contributed by atoms with E-state index in [9.17, 15) is 4.79 Å². The van der Waals surface area contributed by atoms with E-state index in [1.807, 2.05) is 0 Å². The molecule has 0 bridgehead atoms. The van der Waals surface area contributed by atoms with Gasteiger partial charge in [0.05, 0.1) is 20.4 Å². The van der Waals surface area contributed by atoms with Crippen LogP contribution in [0, 0.1) is 0 Å². The lowest BCUT2D eigenvalue weighted by atomic mass is 9.88. The Morgan fingerprint density at radius 1 is 1.05 bits per heavy atom. The number of benzene rings is 1. The van der Waals surface area contributed by atoms with Crippen LogP contribution in [0.3, 0.4) is 0 Å². The predicted octanol–water partition coefficient (Wildman–Crippen LogP) is 1.96. The minimum atomic E-state index is 0.299. The molecular formula is C17H22N2O3. The number of hydrogen-bond acceptors (Lipinski definition) is 4. The molecule has 1 amide bonds. The van der Waals surface area contributed by atoms with Gasteiger partial charge in [-0.05, 0) is 42.5 Å². The second kappa shape index (κ2) is 5.16. The third-order valence-corrected chi connectivity index (χ3v) is 5.37. The SMILES string of the molecule is COc1cc2c(cc1OC)[C@@H]1CCN3C(=O)CC[C@@H]3N1CC2. The van der Waals surface area contributed by atoms with Crippen LogP contribution in [0.15, 0.2) is 12.1 Å². The maximum Gasteiger partial charge on any atom is 0.223 e. The van der Waals surface area contributed by atoms with Gasteiger partial charge in [-0.1, -0.05) is 0 Å². The molecule has 5 nitrogen and oxygen atoms in total. The Kier molecular flexibility index (Phi) is 3.26. The quantitative estimate of drug-likeness (QED) is 0.837. The number of fused-ring (bicyclic) bond motifs is 5. The maximum absolute atomic E-state index is 12.0. The number of carbonyl (C=O) groups excluding carboxylic acids is 1. The van der Waals surface area contributed by atoms with Crippen molar-refractivity contribution in [3.63, 3.8) is 0 Å². The normalized spacial score (nSPS) is 27.2. The van der Waals surface area contributed by atoms with Gasteiger partial charge in [-0.2, -0.15) is 0 Å². The van der Waals surface area contributed by atoms with Crippen molar-refractivity contribution in [2.45, 2.75) is 37.9 Å². The average Bonchev–Trinajstić information content (AvgIpc) is 2.94. The van der Waals surface area contributed by atoms with Crippen LogP contribution >= 0.6 is 0 Å². The Labute approximate surface area is 130 Å². The number of ether oxygens (including phenoxy) is 2. The molecule has 2 fully saturated rings. The highest BCUT2D eigenvalue weighted by Crippen LogP contribution is 2.44. The van der Waals surface area contributed by atoms with Crippen molar-refractivity contribution in [2.75, 3.05) is 27.3 Å². The van der Waals surface area contributed by atoms with Crippen LogP contribution in [0.5, 0.6) is 11.5 Å². The van der Waals surface area contributed by atoms with Crippen molar-refractivity contribution in [1.82, 2.24) is 9.80 Å². The molecule has 4 rings (SSSR count). The Morgan fingerprint density at radius 2 is 1.82 bits per heavy atom. The molecule has 0 unspecified atom stereocenters. The fraction of sp³-hybridized carbons (Fsp3) is 0.588. The largest absolute Gasteiger partial charge is 0.493 e. The molecule has 0 spiro atoms. The van der Waals surface area contributed by atoms with Gasteiger partial charge >= 0.3 is 0 Å². The van der Waals surface area contributed by atoms with E-state index >= 15 is 0 Å². The Hall–Kier alpha value is -1.75. The molecule has 0 saturated carbocycles. The summed E-state index contributed by atoms with van der Waals surface area (Å²) in [6.45, 7) is 1.89. The lowest BCUT2D eigenvalue weighted by molar-refractivity contribution is -0.135. The lowest BCUT2D eigenvalue weighted by Crippen LogP contribution is -2.54. The third kappa shape index (κ3) is 1.92. The van der Waals surface area contributed by atoms with Crippen LogP contribution in [0.25, 0.3) is 0 Å². The van der Waals surface area contributed by atoms with Crippen LogP contribution < -0.4 is 9.47 Å². The number of nitrogens with zero attached hydrogens (tertiary/aromatic N) is 2. The average molecular weight is 302 g/mol. The van der Waals surface area contributed by atoms with Crippen molar-refractivity contribution in [2.24, 2.45) is 0 Å². The molecule has 22 heavy (non-hydrogen) atoms. The minimum Gasteiger partial charge on any atom is -0.493 e. The molecule has 0 radical (unpaired) electrons. The summed E-state index contributed by atoms with van der Waals surface area (Å²) in [5, 5.41) is 0. The molecule has 5 heteroatoms. The third-order valence-electron chi connectivity index (χ3n) is 5.37. The molecule has 2 atom stereocenters. The molecule has 118 valence electrons. The van der Waals surface area contributed by atoms with Gasteiger partial charge in [0.1, 0.15) is 0 Å². The van der Waals surface area contributed by atoms with Crippen molar-refractivity contribution in [3.05, 3.63) is 23.3 Å². The van der Waals surface area contributed by atoms with Crippen molar-refractivity contribution >= 4 is 5.91 Å². The van der Waals surface area contributed by atoms with E-state index in [4.69, 9.17) is 9.47 Å². The van der Waals surface area contributed by atoms with Gasteiger partial charge in [0.15, 0.2) is 11.5 Å². The summed E-state index contributed by atoms with van der Waals surface area (Å²) in [6.07, 6.45) is 3.98. The first-order valence-corrected chi connectivity index (χ1v) is 8.03. The maximum atomic E-state index is 12.0. The molecule has 1 aromatic carbocycles. The summed E-state index contributed by atoms with van der Waals surface area (Å²) in [4.78, 5) is 16.6. The summed E-state index contributed by atoms with van der Waals surface area (Å²) in [5.41, 5.74) is 2.71. The fourth-order valence-corrected chi connectivity index (χ4v) is 4.32. The highest BCUT2D eigenvalue weighted by molar-refractivity contribution is 5.78. The smallest absolute Gasteiger partial charge is 0.223 e. The topological polar surface area (TPSA) is 42.0 Å². The van der Waals surface area contributed by atoms with E-state index in [2.05, 4.69) is 21.9 Å². The van der Waals surface area contributed by atoms with E-state index < -0.39 is 0 Å². The molecule has 3 aliphatic heterocycles. The summed E-state index contributed by atoms with van der Waals surface area (Å²) in [6, 6.07) is 4.66. The first-order valence-electron chi connectivity index (χ1n) is 8.03. The summed E-state index contributed by atoms with van der Waals surface area (Å²) in [7, 11) is 3.37. The van der Waals surface area contributed by atoms with Crippen molar-refractivity contribution in [3.8, 4) is 11.5 Å². The highest BCUT2D eigenvalue weighted by Gasteiger charge is 2.44. The molecule has 3 heterocycles.